The summed E-state index contributed by atoms with van der Waals surface area (Å²) in [7, 11) is 0. The second-order valence-corrected chi connectivity index (χ2v) is 9.01. The zero-order valence-corrected chi connectivity index (χ0v) is 20.4. The summed E-state index contributed by atoms with van der Waals surface area (Å²) in [6.45, 7) is 6.48. The number of fused-ring (bicyclic) bond motifs is 1. The Bertz CT molecular complexity index is 1390. The van der Waals surface area contributed by atoms with Crippen LogP contribution in [-0.4, -0.2) is 37.5 Å². The minimum Gasteiger partial charge on any atom is -0.394 e. The van der Waals surface area contributed by atoms with Crippen molar-refractivity contribution in [2.45, 2.75) is 23.5 Å². The molecule has 37 heavy (non-hydrogen) atoms. The molecule has 6 nitrogen and oxygen atoms in total. The van der Waals surface area contributed by atoms with E-state index in [0.717, 1.165) is 12.2 Å². The maximum atomic E-state index is 13.6. The summed E-state index contributed by atoms with van der Waals surface area (Å²) in [5, 5.41) is 13.1. The molecule has 0 bridgehead atoms. The van der Waals surface area contributed by atoms with E-state index < -0.39 is 41.4 Å². The first-order chi connectivity index (χ1) is 17.6. The van der Waals surface area contributed by atoms with Crippen LogP contribution in [0.25, 0.3) is 10.9 Å². The summed E-state index contributed by atoms with van der Waals surface area (Å²) in [6.07, 6.45) is -0.0434. The number of H-pyrrole nitrogens is 1. The first kappa shape index (κ1) is 27.9. The molecule has 0 saturated heterocycles. The minimum atomic E-state index is -4.57. The molecule has 0 aliphatic heterocycles. The number of allylic oxidation sites excluding steroid dienone is 6. The average molecular weight is 531 g/mol. The van der Waals surface area contributed by atoms with Gasteiger partial charge >= 0.3 is 6.18 Å². The van der Waals surface area contributed by atoms with E-state index in [1.165, 1.54) is 36.4 Å². The number of amides is 1. The lowest BCUT2D eigenvalue weighted by Gasteiger charge is -2.17. The molecule has 194 valence electrons. The lowest BCUT2D eigenvalue weighted by atomic mass is 9.99. The average Bonchev–Trinajstić information content (AvgIpc) is 3.26. The van der Waals surface area contributed by atoms with Crippen LogP contribution in [0.3, 0.4) is 0 Å². The molecule has 0 aliphatic rings. The summed E-state index contributed by atoms with van der Waals surface area (Å²) in [5.41, 5.74) is 1.16. The first-order valence-electron chi connectivity index (χ1n) is 11.0. The normalized spacial score (nSPS) is 14.3. The number of halogens is 3. The van der Waals surface area contributed by atoms with Gasteiger partial charge in [-0.25, -0.2) is 4.21 Å². The molecule has 1 aromatic heterocycles. The molecule has 10 heteroatoms. The van der Waals surface area contributed by atoms with E-state index in [4.69, 9.17) is 4.55 Å². The van der Waals surface area contributed by atoms with Crippen LogP contribution >= 0.6 is 0 Å². The van der Waals surface area contributed by atoms with Crippen LogP contribution in [0.1, 0.15) is 27.7 Å². The molecule has 0 fully saturated rings. The monoisotopic (exact) mass is 530 g/mol. The Hall–Kier alpha value is -3.73. The van der Waals surface area contributed by atoms with Gasteiger partial charge in [0.2, 0.25) is 0 Å². The predicted octanol–water partition coefficient (Wildman–Crippen LogP) is 5.54. The lowest BCUT2D eigenvalue weighted by molar-refractivity contribution is -0.0894. The lowest BCUT2D eigenvalue weighted by Crippen LogP contribution is -2.30. The maximum Gasteiger partial charge on any atom is 0.416 e. The summed E-state index contributed by atoms with van der Waals surface area (Å²) >= 11 is -2.14. The number of aromatic amines is 1. The number of nitrogens with one attached hydrogen (secondary N) is 2. The quantitative estimate of drug-likeness (QED) is 0.204. The molecular weight excluding hydrogens is 505 g/mol. The summed E-state index contributed by atoms with van der Waals surface area (Å²) < 4.78 is 60.9. The summed E-state index contributed by atoms with van der Waals surface area (Å²) in [4.78, 5) is 16.1. The molecule has 2 unspecified atom stereocenters. The fourth-order valence-corrected chi connectivity index (χ4v) is 4.18. The van der Waals surface area contributed by atoms with E-state index in [1.807, 2.05) is 0 Å². The van der Waals surface area contributed by atoms with Crippen molar-refractivity contribution in [2.24, 2.45) is 0 Å². The van der Waals surface area contributed by atoms with Crippen molar-refractivity contribution in [1.29, 1.82) is 0 Å². The van der Waals surface area contributed by atoms with Gasteiger partial charge in [-0.2, -0.15) is 13.2 Å². The fourth-order valence-electron chi connectivity index (χ4n) is 3.81. The molecular formula is C27H25F3N2O4S. The number of carbonyl (C=O) groups excluding carboxylic acids is 1. The van der Waals surface area contributed by atoms with Gasteiger partial charge in [0.1, 0.15) is 0 Å². The number of alkyl halides is 3. The molecule has 3 aromatic rings. The van der Waals surface area contributed by atoms with Gasteiger partial charge in [0, 0.05) is 28.6 Å². The van der Waals surface area contributed by atoms with Crippen molar-refractivity contribution >= 4 is 27.9 Å². The highest BCUT2D eigenvalue weighted by atomic mass is 32.2. The second kappa shape index (κ2) is 12.0. The molecule has 0 saturated carbocycles. The van der Waals surface area contributed by atoms with Crippen molar-refractivity contribution in [2.75, 3.05) is 6.61 Å². The van der Waals surface area contributed by atoms with Gasteiger partial charge in [-0.05, 0) is 47.5 Å². The van der Waals surface area contributed by atoms with E-state index in [0.29, 0.717) is 22.2 Å². The van der Waals surface area contributed by atoms with Crippen LogP contribution in [0, 0.1) is 0 Å². The Morgan fingerprint density at radius 1 is 1.08 bits per heavy atom. The third kappa shape index (κ3) is 6.94. The van der Waals surface area contributed by atoms with Crippen LogP contribution in [0.4, 0.5) is 13.2 Å². The maximum absolute atomic E-state index is 13.6. The number of hydrogen-bond acceptors (Lipinski definition) is 3. The van der Waals surface area contributed by atoms with E-state index in [-0.39, 0.29) is 22.5 Å². The topological polar surface area (TPSA) is 102 Å². The van der Waals surface area contributed by atoms with Crippen LogP contribution in [0.15, 0.2) is 102 Å². The van der Waals surface area contributed by atoms with E-state index in [9.17, 15) is 27.3 Å². The van der Waals surface area contributed by atoms with Gasteiger partial charge in [-0.3, -0.25) is 4.79 Å². The standard InChI is InChI=1S/C27H25F3N2O4S/c1-3-5-18(23(6-4-2)27(28,29)30)14-21-15-20-13-19(9-12-24(20)31-21)26(34)32-25(16-33)17-7-10-22(11-8-17)37(35)36/h3-13,15,25,31,33H,1-2,14,16H2,(H,32,34)(H,35,36)/b18-5-,23-6+. The zero-order valence-electron chi connectivity index (χ0n) is 19.6. The van der Waals surface area contributed by atoms with Gasteiger partial charge in [0.15, 0.2) is 11.1 Å². The molecule has 1 heterocycles. The number of aliphatic hydroxyl groups is 1. The van der Waals surface area contributed by atoms with Crippen molar-refractivity contribution in [3.05, 3.63) is 114 Å². The number of aliphatic hydroxyl groups excluding tert-OH is 1. The largest absolute Gasteiger partial charge is 0.416 e. The first-order valence-corrected chi connectivity index (χ1v) is 12.1. The SMILES string of the molecule is C=C/C=C(Cc1cc2cc(C(=O)NC(CO)c3ccc(S(=O)O)cc3)ccc2[nH]1)\C(=C/C=C)C(F)(F)F. The van der Waals surface area contributed by atoms with Gasteiger partial charge in [-0.1, -0.05) is 49.6 Å². The third-order valence-electron chi connectivity index (χ3n) is 5.55. The van der Waals surface area contributed by atoms with Gasteiger partial charge in [-0.15, -0.1) is 0 Å². The number of rotatable bonds is 10. The smallest absolute Gasteiger partial charge is 0.394 e. The second-order valence-electron chi connectivity index (χ2n) is 8.04. The molecule has 2 aromatic carbocycles. The van der Waals surface area contributed by atoms with Crippen LogP contribution < -0.4 is 5.32 Å². The molecule has 0 spiro atoms. The number of carbonyl (C=O) groups is 1. The molecule has 4 N–H and O–H groups in total. The van der Waals surface area contributed by atoms with Crippen molar-refractivity contribution in [1.82, 2.24) is 10.3 Å². The summed E-state index contributed by atoms with van der Waals surface area (Å²) in [5.74, 6) is -0.473. The molecule has 0 radical (unpaired) electrons. The van der Waals surface area contributed by atoms with E-state index in [2.05, 4.69) is 23.5 Å². The van der Waals surface area contributed by atoms with Gasteiger partial charge in [0.25, 0.3) is 5.91 Å². The fraction of sp³-hybridized carbons (Fsp3) is 0.148. The zero-order chi connectivity index (χ0) is 27.2. The minimum absolute atomic E-state index is 0.00811. The third-order valence-corrected chi connectivity index (χ3v) is 6.22. The van der Waals surface area contributed by atoms with Crippen LogP contribution in [0.2, 0.25) is 0 Å². The Morgan fingerprint density at radius 3 is 2.32 bits per heavy atom. The van der Waals surface area contributed by atoms with E-state index >= 15 is 0 Å². The Balaban J connectivity index is 1.83. The predicted molar refractivity (Wildman–Crippen MR) is 137 cm³/mol. The van der Waals surface area contributed by atoms with Crippen molar-refractivity contribution in [3.63, 3.8) is 0 Å². The molecule has 0 aliphatic carbocycles. The number of benzene rings is 2. The van der Waals surface area contributed by atoms with Crippen molar-refractivity contribution in [3.8, 4) is 0 Å². The van der Waals surface area contributed by atoms with Crippen LogP contribution in [0.5, 0.6) is 0 Å². The molecule has 1 amide bonds. The van der Waals surface area contributed by atoms with Crippen LogP contribution in [-0.2, 0) is 17.5 Å². The van der Waals surface area contributed by atoms with Crippen molar-refractivity contribution < 1.29 is 31.8 Å². The van der Waals surface area contributed by atoms with Gasteiger partial charge in [0.05, 0.1) is 23.1 Å². The Morgan fingerprint density at radius 2 is 1.76 bits per heavy atom. The highest BCUT2D eigenvalue weighted by Crippen LogP contribution is 2.33. The highest BCUT2D eigenvalue weighted by molar-refractivity contribution is 7.79. The summed E-state index contributed by atoms with van der Waals surface area (Å²) in [6, 6.07) is 11.6. The highest BCUT2D eigenvalue weighted by Gasteiger charge is 2.35. The van der Waals surface area contributed by atoms with E-state index in [1.54, 1.807) is 24.3 Å². The van der Waals surface area contributed by atoms with Gasteiger partial charge < -0.3 is 20.0 Å². The molecule has 3 rings (SSSR count). The number of aromatic nitrogens is 1. The molecule has 2 atom stereocenters. The Kier molecular flexibility index (Phi) is 9.04. The Labute approximate surface area is 214 Å². The number of hydrogen-bond donors (Lipinski definition) is 4.